The van der Waals surface area contributed by atoms with Crippen LogP contribution in [0.1, 0.15) is 49.2 Å². The van der Waals surface area contributed by atoms with Gasteiger partial charge in [-0.15, -0.1) is 0 Å². The molecule has 0 saturated carbocycles. The standard InChI is InChI=1S/C34H39FN2O9/c1-4-42-20-29(38)43-21-44-32-28(41-3)17-18-36-30(32)33(39)37-27-12-8-9-24(19-23-13-15-25(35)16-14-23)31(22(2)45-34(27)40)46-26-10-6-5-7-11-26/h5-7,10-11,13-18,22,24,27,31H,4,8-9,12,19-21H2,1-3H3,(H,37,39). The fraction of sp³-hybridized carbons (Fsp3) is 0.412. The first kappa shape index (κ1) is 34.2. The van der Waals surface area contributed by atoms with Crippen LogP contribution in [-0.4, -0.2) is 68.2 Å². The number of ether oxygens (including phenoxy) is 6. The summed E-state index contributed by atoms with van der Waals surface area (Å²) in [6.07, 6.45) is 2.20. The molecule has 12 heteroatoms. The van der Waals surface area contributed by atoms with Crippen molar-refractivity contribution in [1.82, 2.24) is 10.3 Å². The first-order valence-electron chi connectivity index (χ1n) is 15.2. The molecule has 0 aliphatic carbocycles. The highest BCUT2D eigenvalue weighted by atomic mass is 19.1. The van der Waals surface area contributed by atoms with Gasteiger partial charge in [-0.3, -0.25) is 4.79 Å². The predicted molar refractivity (Wildman–Crippen MR) is 164 cm³/mol. The zero-order valence-corrected chi connectivity index (χ0v) is 26.1. The molecular formula is C34H39FN2O9. The molecule has 2 heterocycles. The molecular weight excluding hydrogens is 599 g/mol. The average Bonchev–Trinajstić information content (AvgIpc) is 3.10. The number of pyridine rings is 1. The summed E-state index contributed by atoms with van der Waals surface area (Å²) in [6.45, 7) is 3.08. The van der Waals surface area contributed by atoms with Crippen LogP contribution in [0.15, 0.2) is 66.9 Å². The minimum Gasteiger partial charge on any atom is -0.493 e. The largest absolute Gasteiger partial charge is 0.493 e. The number of carbonyl (C=O) groups excluding carboxylic acids is 3. The number of methoxy groups -OCH3 is 1. The smallest absolute Gasteiger partial charge is 0.334 e. The molecule has 1 fully saturated rings. The second-order valence-electron chi connectivity index (χ2n) is 10.7. The Bertz CT molecular complexity index is 1440. The van der Waals surface area contributed by atoms with Crippen molar-refractivity contribution < 1.29 is 47.2 Å². The van der Waals surface area contributed by atoms with Crippen molar-refractivity contribution in [2.24, 2.45) is 5.92 Å². The Kier molecular flexibility index (Phi) is 12.7. The number of nitrogens with zero attached hydrogens (tertiary/aromatic N) is 1. The maximum atomic E-state index is 13.6. The van der Waals surface area contributed by atoms with Crippen LogP contribution in [0, 0.1) is 11.7 Å². The summed E-state index contributed by atoms with van der Waals surface area (Å²) in [5.41, 5.74) is 0.760. The number of nitrogens with one attached hydrogen (secondary N) is 1. The van der Waals surface area contributed by atoms with Crippen molar-refractivity contribution >= 4 is 17.8 Å². The van der Waals surface area contributed by atoms with Crippen LogP contribution in [0.4, 0.5) is 4.39 Å². The molecule has 0 bridgehead atoms. The number of rotatable bonds is 13. The molecule has 2 aromatic carbocycles. The summed E-state index contributed by atoms with van der Waals surface area (Å²) in [5.74, 6) is -1.65. The van der Waals surface area contributed by atoms with Gasteiger partial charge in [0.1, 0.15) is 36.4 Å². The van der Waals surface area contributed by atoms with E-state index < -0.39 is 42.9 Å². The molecule has 4 rings (SSSR count). The number of amides is 1. The van der Waals surface area contributed by atoms with E-state index in [9.17, 15) is 18.8 Å². The summed E-state index contributed by atoms with van der Waals surface area (Å²) < 4.78 is 46.8. The Balaban J connectivity index is 1.50. The fourth-order valence-corrected chi connectivity index (χ4v) is 5.20. The molecule has 4 atom stereocenters. The molecule has 46 heavy (non-hydrogen) atoms. The van der Waals surface area contributed by atoms with Gasteiger partial charge in [0.15, 0.2) is 17.2 Å². The highest BCUT2D eigenvalue weighted by Crippen LogP contribution is 2.31. The van der Waals surface area contributed by atoms with E-state index in [4.69, 9.17) is 28.4 Å². The second kappa shape index (κ2) is 17.1. The van der Waals surface area contributed by atoms with Crippen LogP contribution >= 0.6 is 0 Å². The molecule has 1 aromatic heterocycles. The third kappa shape index (κ3) is 9.64. The molecule has 11 nitrogen and oxygen atoms in total. The lowest BCUT2D eigenvalue weighted by atomic mass is 9.86. The van der Waals surface area contributed by atoms with Crippen LogP contribution in [-0.2, 0) is 30.2 Å². The number of hydrogen-bond donors (Lipinski definition) is 1. The van der Waals surface area contributed by atoms with E-state index in [1.54, 1.807) is 26.0 Å². The van der Waals surface area contributed by atoms with Crippen LogP contribution < -0.4 is 19.5 Å². The van der Waals surface area contributed by atoms with Gasteiger partial charge >= 0.3 is 11.9 Å². The summed E-state index contributed by atoms with van der Waals surface area (Å²) in [6, 6.07) is 16.1. The van der Waals surface area contributed by atoms with E-state index in [0.717, 1.165) is 5.56 Å². The number of cyclic esters (lactones) is 1. The van der Waals surface area contributed by atoms with Crippen molar-refractivity contribution in [3.05, 3.63) is 83.9 Å². The first-order chi connectivity index (χ1) is 22.3. The second-order valence-corrected chi connectivity index (χ2v) is 10.7. The number of benzene rings is 2. The molecule has 0 spiro atoms. The lowest BCUT2D eigenvalue weighted by molar-refractivity contribution is -0.156. The van der Waals surface area contributed by atoms with Gasteiger partial charge in [-0.1, -0.05) is 36.8 Å². The number of aromatic nitrogens is 1. The Morgan fingerprint density at radius 1 is 1.07 bits per heavy atom. The van der Waals surface area contributed by atoms with Gasteiger partial charge in [0.05, 0.1) is 7.11 Å². The summed E-state index contributed by atoms with van der Waals surface area (Å²) in [7, 11) is 1.39. The Labute approximate surface area is 267 Å². The van der Waals surface area contributed by atoms with Crippen molar-refractivity contribution in [1.29, 1.82) is 0 Å². The molecule has 0 radical (unpaired) electrons. The summed E-state index contributed by atoms with van der Waals surface area (Å²) >= 11 is 0. The Hall–Kier alpha value is -4.71. The quantitative estimate of drug-likeness (QED) is 0.208. The summed E-state index contributed by atoms with van der Waals surface area (Å²) in [5, 5.41) is 2.73. The van der Waals surface area contributed by atoms with Gasteiger partial charge in [-0.2, -0.15) is 0 Å². The molecule has 1 aliphatic heterocycles. The Morgan fingerprint density at radius 3 is 2.54 bits per heavy atom. The highest BCUT2D eigenvalue weighted by Gasteiger charge is 2.36. The number of halogens is 1. The average molecular weight is 639 g/mol. The zero-order valence-electron chi connectivity index (χ0n) is 26.1. The van der Waals surface area contributed by atoms with E-state index in [1.165, 1.54) is 31.5 Å². The highest BCUT2D eigenvalue weighted by molar-refractivity contribution is 5.98. The van der Waals surface area contributed by atoms with Crippen molar-refractivity contribution in [3.8, 4) is 17.2 Å². The van der Waals surface area contributed by atoms with Gasteiger partial charge in [0, 0.05) is 24.8 Å². The van der Waals surface area contributed by atoms with Crippen molar-refractivity contribution in [2.75, 3.05) is 27.1 Å². The normalized spacial score (nSPS) is 19.9. The minimum absolute atomic E-state index is 0.0628. The maximum Gasteiger partial charge on any atom is 0.334 e. The van der Waals surface area contributed by atoms with E-state index in [1.807, 2.05) is 30.3 Å². The number of hydrogen-bond acceptors (Lipinski definition) is 10. The van der Waals surface area contributed by atoms with Crippen molar-refractivity contribution in [3.63, 3.8) is 0 Å². The maximum absolute atomic E-state index is 13.6. The lowest BCUT2D eigenvalue weighted by Gasteiger charge is -2.31. The van der Waals surface area contributed by atoms with Gasteiger partial charge in [0.25, 0.3) is 5.91 Å². The molecule has 1 aliphatic rings. The monoisotopic (exact) mass is 638 g/mol. The van der Waals surface area contributed by atoms with Gasteiger partial charge in [-0.05, 0) is 62.9 Å². The third-order valence-electron chi connectivity index (χ3n) is 7.46. The molecule has 1 saturated heterocycles. The van der Waals surface area contributed by atoms with E-state index in [0.29, 0.717) is 31.6 Å². The van der Waals surface area contributed by atoms with Crippen LogP contribution in [0.2, 0.25) is 0 Å². The zero-order chi connectivity index (χ0) is 32.9. The number of esters is 2. The third-order valence-corrected chi connectivity index (χ3v) is 7.46. The van der Waals surface area contributed by atoms with Gasteiger partial charge < -0.3 is 33.7 Å². The molecule has 4 unspecified atom stereocenters. The van der Waals surface area contributed by atoms with Crippen LogP contribution in [0.25, 0.3) is 0 Å². The lowest BCUT2D eigenvalue weighted by Crippen LogP contribution is -2.45. The predicted octanol–water partition coefficient (Wildman–Crippen LogP) is 4.67. The minimum atomic E-state index is -0.998. The Morgan fingerprint density at radius 2 is 1.83 bits per heavy atom. The van der Waals surface area contributed by atoms with E-state index in [2.05, 4.69) is 10.3 Å². The number of carbonyl (C=O) groups is 3. The van der Waals surface area contributed by atoms with Crippen molar-refractivity contribution in [2.45, 2.75) is 57.8 Å². The molecule has 1 amide bonds. The fourth-order valence-electron chi connectivity index (χ4n) is 5.20. The van der Waals surface area contributed by atoms with E-state index >= 15 is 0 Å². The van der Waals surface area contributed by atoms with E-state index in [-0.39, 0.29) is 42.0 Å². The molecule has 3 aromatic rings. The summed E-state index contributed by atoms with van der Waals surface area (Å²) in [4.78, 5) is 42.9. The van der Waals surface area contributed by atoms with Crippen LogP contribution in [0.3, 0.4) is 0 Å². The van der Waals surface area contributed by atoms with Gasteiger partial charge in [0.2, 0.25) is 6.79 Å². The SMILES string of the molecule is CCOCC(=O)OCOc1c(OC)ccnc1C(=O)NC1CCCC(Cc2ccc(F)cc2)C(Oc2ccccc2)C(C)OC1=O. The molecule has 1 N–H and O–H groups in total. The topological polar surface area (TPSA) is 132 Å². The molecule has 246 valence electrons. The van der Waals surface area contributed by atoms with Crippen LogP contribution in [0.5, 0.6) is 17.2 Å². The van der Waals surface area contributed by atoms with Gasteiger partial charge in [-0.25, -0.2) is 19.0 Å². The first-order valence-corrected chi connectivity index (χ1v) is 15.2. The number of para-hydroxylation sites is 1.